The number of nitrogens with one attached hydrogen (secondary N) is 2. The van der Waals surface area contributed by atoms with Crippen molar-refractivity contribution in [2.24, 2.45) is 11.8 Å². The van der Waals surface area contributed by atoms with Crippen LogP contribution in [0.25, 0.3) is 0 Å². The van der Waals surface area contributed by atoms with E-state index >= 15 is 0 Å². The Morgan fingerprint density at radius 1 is 1.25 bits per heavy atom. The van der Waals surface area contributed by atoms with E-state index in [1.807, 2.05) is 32.8 Å². The highest BCUT2D eigenvalue weighted by molar-refractivity contribution is 7.89. The van der Waals surface area contributed by atoms with Crippen molar-refractivity contribution in [3.8, 4) is 0 Å². The van der Waals surface area contributed by atoms with Crippen molar-refractivity contribution < 1.29 is 8.42 Å². The predicted molar refractivity (Wildman–Crippen MR) is 81.8 cm³/mol. The zero-order valence-electron chi connectivity index (χ0n) is 12.4. The molecule has 0 bridgehead atoms. The molecule has 1 atom stereocenters. The SMILES string of the molecule is CC(C)C(CN(C)C)NS(=O)(=O)c1ccccc1NN. The number of para-hydroxylation sites is 1. The summed E-state index contributed by atoms with van der Waals surface area (Å²) in [5.41, 5.74) is 2.80. The molecule has 1 rings (SSSR count). The summed E-state index contributed by atoms with van der Waals surface area (Å²) in [6.45, 7) is 4.61. The second-order valence-electron chi connectivity index (χ2n) is 5.37. The quantitative estimate of drug-likeness (QED) is 0.513. The van der Waals surface area contributed by atoms with E-state index in [0.717, 1.165) is 0 Å². The molecule has 0 saturated carbocycles. The number of anilines is 1. The molecule has 0 aromatic heterocycles. The van der Waals surface area contributed by atoms with E-state index in [1.54, 1.807) is 18.2 Å². The average molecular weight is 300 g/mol. The molecule has 1 aromatic carbocycles. The first-order valence-corrected chi connectivity index (χ1v) is 7.99. The number of nitrogen functional groups attached to an aromatic ring is 1. The van der Waals surface area contributed by atoms with Crippen molar-refractivity contribution in [1.29, 1.82) is 0 Å². The Kier molecular flexibility index (Phi) is 5.94. The van der Waals surface area contributed by atoms with Crippen LogP contribution in [0.5, 0.6) is 0 Å². The summed E-state index contributed by atoms with van der Waals surface area (Å²) in [5.74, 6) is 5.55. The minimum atomic E-state index is -3.61. The molecule has 4 N–H and O–H groups in total. The third kappa shape index (κ3) is 4.45. The number of nitrogens with zero attached hydrogens (tertiary/aromatic N) is 1. The first kappa shape index (κ1) is 16.9. The second kappa shape index (κ2) is 7.03. The topological polar surface area (TPSA) is 87.5 Å². The highest BCUT2D eigenvalue weighted by Gasteiger charge is 2.24. The first-order chi connectivity index (χ1) is 9.27. The maximum atomic E-state index is 12.5. The van der Waals surface area contributed by atoms with Gasteiger partial charge in [0, 0.05) is 12.6 Å². The maximum Gasteiger partial charge on any atom is 0.242 e. The van der Waals surface area contributed by atoms with Gasteiger partial charge < -0.3 is 10.3 Å². The largest absolute Gasteiger partial charge is 0.323 e. The molecule has 0 spiro atoms. The lowest BCUT2D eigenvalue weighted by atomic mass is 10.1. The Labute approximate surface area is 121 Å². The van der Waals surface area contributed by atoms with Gasteiger partial charge in [0.2, 0.25) is 10.0 Å². The summed E-state index contributed by atoms with van der Waals surface area (Å²) in [6.07, 6.45) is 0. The van der Waals surface area contributed by atoms with E-state index < -0.39 is 10.0 Å². The predicted octanol–water partition coefficient (Wildman–Crippen LogP) is 0.837. The van der Waals surface area contributed by atoms with Gasteiger partial charge in [0.15, 0.2) is 0 Å². The van der Waals surface area contributed by atoms with Crippen LogP contribution in [0.3, 0.4) is 0 Å². The first-order valence-electron chi connectivity index (χ1n) is 6.50. The van der Waals surface area contributed by atoms with Crippen LogP contribution in [-0.4, -0.2) is 40.0 Å². The Bertz CT molecular complexity index is 529. The molecule has 0 aliphatic carbocycles. The molecule has 1 aromatic rings. The van der Waals surface area contributed by atoms with Crippen molar-refractivity contribution in [2.75, 3.05) is 26.1 Å². The average Bonchev–Trinajstić information content (AvgIpc) is 2.37. The number of hydrogen-bond acceptors (Lipinski definition) is 5. The molecule has 20 heavy (non-hydrogen) atoms. The molecule has 0 aliphatic heterocycles. The lowest BCUT2D eigenvalue weighted by Gasteiger charge is -2.25. The molecule has 114 valence electrons. The van der Waals surface area contributed by atoms with Crippen molar-refractivity contribution in [2.45, 2.75) is 24.8 Å². The van der Waals surface area contributed by atoms with Gasteiger partial charge >= 0.3 is 0 Å². The molecule has 1 unspecified atom stereocenters. The van der Waals surface area contributed by atoms with Crippen LogP contribution < -0.4 is 16.0 Å². The summed E-state index contributed by atoms with van der Waals surface area (Å²) >= 11 is 0. The fourth-order valence-corrected chi connectivity index (χ4v) is 3.41. The van der Waals surface area contributed by atoms with Gasteiger partial charge in [0.1, 0.15) is 4.90 Å². The van der Waals surface area contributed by atoms with Gasteiger partial charge in [-0.05, 0) is 32.1 Å². The van der Waals surface area contributed by atoms with E-state index in [-0.39, 0.29) is 16.9 Å². The highest BCUT2D eigenvalue weighted by atomic mass is 32.2. The van der Waals surface area contributed by atoms with Crippen LogP contribution >= 0.6 is 0 Å². The lowest BCUT2D eigenvalue weighted by Crippen LogP contribution is -2.45. The third-order valence-electron chi connectivity index (χ3n) is 3.01. The molecule has 0 radical (unpaired) electrons. The van der Waals surface area contributed by atoms with Crippen LogP contribution in [0.1, 0.15) is 13.8 Å². The van der Waals surface area contributed by atoms with Crippen LogP contribution in [0.2, 0.25) is 0 Å². The van der Waals surface area contributed by atoms with E-state index in [4.69, 9.17) is 5.84 Å². The van der Waals surface area contributed by atoms with Crippen LogP contribution in [0.4, 0.5) is 5.69 Å². The third-order valence-corrected chi connectivity index (χ3v) is 4.55. The summed E-state index contributed by atoms with van der Waals surface area (Å²) < 4.78 is 27.7. The molecule has 0 fully saturated rings. The summed E-state index contributed by atoms with van der Waals surface area (Å²) in [5, 5.41) is 0. The van der Waals surface area contributed by atoms with Gasteiger partial charge in [-0.15, -0.1) is 0 Å². The number of benzene rings is 1. The summed E-state index contributed by atoms with van der Waals surface area (Å²) in [7, 11) is 0.219. The number of nitrogens with two attached hydrogens (primary N) is 1. The normalized spacial score (nSPS) is 13.8. The molecular weight excluding hydrogens is 276 g/mol. The van der Waals surface area contributed by atoms with Gasteiger partial charge in [-0.25, -0.2) is 13.1 Å². The van der Waals surface area contributed by atoms with Gasteiger partial charge in [0.05, 0.1) is 5.69 Å². The van der Waals surface area contributed by atoms with Crippen molar-refractivity contribution >= 4 is 15.7 Å². The smallest absolute Gasteiger partial charge is 0.242 e. The van der Waals surface area contributed by atoms with Gasteiger partial charge in [0.25, 0.3) is 0 Å². The van der Waals surface area contributed by atoms with Crippen LogP contribution in [0.15, 0.2) is 29.2 Å². The highest BCUT2D eigenvalue weighted by Crippen LogP contribution is 2.20. The van der Waals surface area contributed by atoms with Gasteiger partial charge in [-0.2, -0.15) is 0 Å². The fraction of sp³-hybridized carbons (Fsp3) is 0.538. The number of hydrogen-bond donors (Lipinski definition) is 3. The van der Waals surface area contributed by atoms with Crippen LogP contribution in [0, 0.1) is 5.92 Å². The van der Waals surface area contributed by atoms with E-state index in [0.29, 0.717) is 12.2 Å². The Hall–Kier alpha value is -1.15. The Morgan fingerprint density at radius 3 is 2.35 bits per heavy atom. The molecule has 0 saturated heterocycles. The van der Waals surface area contributed by atoms with Crippen LogP contribution in [-0.2, 0) is 10.0 Å². The number of likely N-dealkylation sites (N-methyl/N-ethyl adjacent to an activating group) is 1. The van der Waals surface area contributed by atoms with Gasteiger partial charge in [-0.1, -0.05) is 26.0 Å². The number of hydrazine groups is 1. The van der Waals surface area contributed by atoms with E-state index in [2.05, 4.69) is 10.1 Å². The van der Waals surface area contributed by atoms with E-state index in [9.17, 15) is 8.42 Å². The van der Waals surface area contributed by atoms with Crippen molar-refractivity contribution in [3.63, 3.8) is 0 Å². The number of rotatable bonds is 7. The zero-order valence-corrected chi connectivity index (χ0v) is 13.2. The Morgan fingerprint density at radius 2 is 1.85 bits per heavy atom. The fourth-order valence-electron chi connectivity index (χ4n) is 1.86. The molecule has 0 aliphatic rings. The van der Waals surface area contributed by atoms with Crippen molar-refractivity contribution in [1.82, 2.24) is 9.62 Å². The molecule has 0 amide bonds. The summed E-state index contributed by atoms with van der Waals surface area (Å²) in [4.78, 5) is 2.12. The molecular formula is C13H24N4O2S. The van der Waals surface area contributed by atoms with Gasteiger partial charge in [-0.3, -0.25) is 5.84 Å². The minimum absolute atomic E-state index is 0.159. The minimum Gasteiger partial charge on any atom is -0.323 e. The summed E-state index contributed by atoms with van der Waals surface area (Å²) in [6, 6.07) is 6.40. The monoisotopic (exact) mass is 300 g/mol. The standard InChI is InChI=1S/C13H24N4O2S/c1-10(2)12(9-17(3)4)16-20(18,19)13-8-6-5-7-11(13)15-14/h5-8,10,12,15-16H,9,14H2,1-4H3. The number of sulfonamides is 1. The molecule has 0 heterocycles. The van der Waals surface area contributed by atoms with E-state index in [1.165, 1.54) is 6.07 Å². The lowest BCUT2D eigenvalue weighted by molar-refractivity contribution is 0.314. The molecule has 6 nitrogen and oxygen atoms in total. The Balaban J connectivity index is 3.03. The van der Waals surface area contributed by atoms with Crippen molar-refractivity contribution in [3.05, 3.63) is 24.3 Å². The second-order valence-corrected chi connectivity index (χ2v) is 7.06. The zero-order chi connectivity index (χ0) is 15.3. The maximum absolute atomic E-state index is 12.5. The molecule has 7 heteroatoms.